The fourth-order valence-electron chi connectivity index (χ4n) is 0.767. The van der Waals surface area contributed by atoms with E-state index in [1.807, 2.05) is 13.8 Å². The van der Waals surface area contributed by atoms with Crippen molar-refractivity contribution in [3.63, 3.8) is 0 Å². The van der Waals surface area contributed by atoms with Crippen molar-refractivity contribution in [2.24, 2.45) is 5.92 Å². The van der Waals surface area contributed by atoms with Crippen molar-refractivity contribution in [3.05, 3.63) is 0 Å². The van der Waals surface area contributed by atoms with Crippen molar-refractivity contribution in [3.8, 4) is 0 Å². The van der Waals surface area contributed by atoms with Gasteiger partial charge in [0.25, 0.3) is 0 Å². The molecule has 0 aromatic heterocycles. The van der Waals surface area contributed by atoms with E-state index < -0.39 is 12.2 Å². The molecule has 0 saturated carbocycles. The molecule has 0 aliphatic rings. The minimum atomic E-state index is -0.574. The highest BCUT2D eigenvalue weighted by atomic mass is 17.1. The van der Waals surface area contributed by atoms with Crippen LogP contribution in [0, 0.1) is 5.92 Å². The van der Waals surface area contributed by atoms with E-state index in [1.165, 1.54) is 0 Å². The largest absolute Gasteiger partial charge is 0.390 e. The van der Waals surface area contributed by atoms with Crippen LogP contribution >= 0.6 is 0 Å². The standard InChI is InChI=1S/C7H16O3/c1-4-5(2)7(8)6(3)10-9/h5-9H,4H2,1-3H3/t5?,6?,7-/m0/s1. The van der Waals surface area contributed by atoms with Crippen LogP contribution in [-0.2, 0) is 4.89 Å². The summed E-state index contributed by atoms with van der Waals surface area (Å²) in [5.41, 5.74) is 0. The zero-order valence-electron chi connectivity index (χ0n) is 6.74. The zero-order valence-corrected chi connectivity index (χ0v) is 6.74. The molecule has 2 unspecified atom stereocenters. The van der Waals surface area contributed by atoms with Crippen molar-refractivity contribution in [2.75, 3.05) is 0 Å². The van der Waals surface area contributed by atoms with Gasteiger partial charge in [-0.2, -0.15) is 0 Å². The van der Waals surface area contributed by atoms with Crippen LogP contribution in [0.2, 0.25) is 0 Å². The molecule has 0 amide bonds. The maximum Gasteiger partial charge on any atom is 0.116 e. The average molecular weight is 148 g/mol. The van der Waals surface area contributed by atoms with E-state index in [-0.39, 0.29) is 5.92 Å². The van der Waals surface area contributed by atoms with Gasteiger partial charge in [0.1, 0.15) is 6.10 Å². The van der Waals surface area contributed by atoms with Crippen molar-refractivity contribution in [2.45, 2.75) is 39.4 Å². The number of hydrogen-bond donors (Lipinski definition) is 2. The van der Waals surface area contributed by atoms with Crippen LogP contribution < -0.4 is 0 Å². The number of rotatable bonds is 4. The van der Waals surface area contributed by atoms with Gasteiger partial charge in [-0.1, -0.05) is 20.3 Å². The van der Waals surface area contributed by atoms with Crippen LogP contribution in [0.3, 0.4) is 0 Å². The number of aliphatic hydroxyl groups is 1. The molecule has 0 aliphatic carbocycles. The Morgan fingerprint density at radius 3 is 2.20 bits per heavy atom. The Balaban J connectivity index is 3.69. The predicted octanol–water partition coefficient (Wildman–Crippen LogP) is 1.27. The van der Waals surface area contributed by atoms with Gasteiger partial charge in [0.05, 0.1) is 6.10 Å². The molecule has 0 aromatic rings. The maximum atomic E-state index is 9.30. The molecule has 3 heteroatoms. The van der Waals surface area contributed by atoms with Gasteiger partial charge in [-0.15, -0.1) is 0 Å². The minimum absolute atomic E-state index is 0.169. The van der Waals surface area contributed by atoms with Gasteiger partial charge in [-0.25, -0.2) is 4.89 Å². The van der Waals surface area contributed by atoms with Gasteiger partial charge in [-0.05, 0) is 12.8 Å². The lowest BCUT2D eigenvalue weighted by Crippen LogP contribution is -2.30. The van der Waals surface area contributed by atoms with Gasteiger partial charge in [0.2, 0.25) is 0 Å². The second-order valence-corrected chi connectivity index (χ2v) is 2.69. The van der Waals surface area contributed by atoms with Crippen LogP contribution in [0.25, 0.3) is 0 Å². The molecule has 62 valence electrons. The maximum absolute atomic E-state index is 9.30. The third-order valence-corrected chi connectivity index (χ3v) is 1.87. The summed E-state index contributed by atoms with van der Waals surface area (Å²) in [6.45, 7) is 5.54. The van der Waals surface area contributed by atoms with Crippen molar-refractivity contribution in [1.82, 2.24) is 0 Å². The summed E-state index contributed by atoms with van der Waals surface area (Å²) in [5, 5.41) is 17.5. The average Bonchev–Trinajstić information content (AvgIpc) is 2.00. The van der Waals surface area contributed by atoms with Gasteiger partial charge in [-0.3, -0.25) is 5.26 Å². The highest BCUT2D eigenvalue weighted by Crippen LogP contribution is 2.12. The van der Waals surface area contributed by atoms with Crippen LogP contribution in [0.5, 0.6) is 0 Å². The minimum Gasteiger partial charge on any atom is -0.390 e. The molecule has 0 aliphatic heterocycles. The lowest BCUT2D eigenvalue weighted by atomic mass is 9.98. The summed E-state index contributed by atoms with van der Waals surface area (Å²) in [7, 11) is 0. The molecule has 0 bridgehead atoms. The first-order valence-corrected chi connectivity index (χ1v) is 3.61. The number of hydrogen-bond acceptors (Lipinski definition) is 3. The van der Waals surface area contributed by atoms with Crippen LogP contribution in [0.15, 0.2) is 0 Å². The second-order valence-electron chi connectivity index (χ2n) is 2.69. The molecule has 0 rings (SSSR count). The van der Waals surface area contributed by atoms with Crippen LogP contribution in [0.1, 0.15) is 27.2 Å². The van der Waals surface area contributed by atoms with Gasteiger partial charge in [0, 0.05) is 0 Å². The van der Waals surface area contributed by atoms with E-state index >= 15 is 0 Å². The normalized spacial score (nSPS) is 20.1. The Morgan fingerprint density at radius 1 is 1.40 bits per heavy atom. The summed E-state index contributed by atoms with van der Waals surface area (Å²) in [6.07, 6.45) is -0.181. The van der Waals surface area contributed by atoms with E-state index in [1.54, 1.807) is 6.92 Å². The summed E-state index contributed by atoms with van der Waals surface area (Å²) in [6, 6.07) is 0. The summed E-state index contributed by atoms with van der Waals surface area (Å²) >= 11 is 0. The monoisotopic (exact) mass is 148 g/mol. The Labute approximate surface area is 61.6 Å². The van der Waals surface area contributed by atoms with Crippen LogP contribution in [-0.4, -0.2) is 22.6 Å². The Morgan fingerprint density at radius 2 is 1.90 bits per heavy atom. The lowest BCUT2D eigenvalue weighted by Gasteiger charge is -2.20. The van der Waals surface area contributed by atoms with Crippen molar-refractivity contribution in [1.29, 1.82) is 0 Å². The fourth-order valence-corrected chi connectivity index (χ4v) is 0.767. The molecule has 10 heavy (non-hydrogen) atoms. The van der Waals surface area contributed by atoms with Gasteiger partial charge >= 0.3 is 0 Å². The number of aliphatic hydroxyl groups excluding tert-OH is 1. The van der Waals surface area contributed by atoms with E-state index in [0.717, 1.165) is 6.42 Å². The molecule has 2 N–H and O–H groups in total. The Kier molecular flexibility index (Phi) is 4.60. The highest BCUT2D eigenvalue weighted by molar-refractivity contribution is 4.68. The molecule has 0 spiro atoms. The summed E-state index contributed by atoms with van der Waals surface area (Å²) < 4.78 is 0. The third-order valence-electron chi connectivity index (χ3n) is 1.87. The third kappa shape index (κ3) is 2.64. The zero-order chi connectivity index (χ0) is 8.15. The van der Waals surface area contributed by atoms with Crippen LogP contribution in [0.4, 0.5) is 0 Å². The smallest absolute Gasteiger partial charge is 0.116 e. The summed E-state index contributed by atoms with van der Waals surface area (Å²) in [4.78, 5) is 3.98. The first-order valence-electron chi connectivity index (χ1n) is 3.61. The fraction of sp³-hybridized carbons (Fsp3) is 1.00. The van der Waals surface area contributed by atoms with Gasteiger partial charge in [0.15, 0.2) is 0 Å². The SMILES string of the molecule is CCC(C)[C@H](O)C(C)OO. The van der Waals surface area contributed by atoms with Crippen molar-refractivity contribution >= 4 is 0 Å². The molecule has 0 heterocycles. The molecule has 0 fully saturated rings. The van der Waals surface area contributed by atoms with E-state index in [9.17, 15) is 5.11 Å². The Bertz CT molecular complexity index is 74.9. The van der Waals surface area contributed by atoms with E-state index in [0.29, 0.717) is 0 Å². The second kappa shape index (κ2) is 4.66. The molecule has 3 atom stereocenters. The topological polar surface area (TPSA) is 49.7 Å². The highest BCUT2D eigenvalue weighted by Gasteiger charge is 2.19. The molecule has 3 nitrogen and oxygen atoms in total. The first kappa shape index (κ1) is 9.88. The molecular formula is C7H16O3. The summed E-state index contributed by atoms with van der Waals surface area (Å²) in [5.74, 6) is 0.169. The van der Waals surface area contributed by atoms with Gasteiger partial charge < -0.3 is 5.11 Å². The lowest BCUT2D eigenvalue weighted by molar-refractivity contribution is -0.295. The predicted molar refractivity (Wildman–Crippen MR) is 38.6 cm³/mol. The van der Waals surface area contributed by atoms with E-state index in [2.05, 4.69) is 4.89 Å². The molecule has 0 aromatic carbocycles. The quantitative estimate of drug-likeness (QED) is 0.466. The molecule has 0 saturated heterocycles. The Hall–Kier alpha value is -0.120. The first-order chi connectivity index (χ1) is 4.63. The van der Waals surface area contributed by atoms with Crippen molar-refractivity contribution < 1.29 is 15.3 Å². The molecular weight excluding hydrogens is 132 g/mol. The van der Waals surface area contributed by atoms with E-state index in [4.69, 9.17) is 5.26 Å². The molecule has 0 radical (unpaired) electrons.